The van der Waals surface area contributed by atoms with Gasteiger partial charge in [0.2, 0.25) is 0 Å². The van der Waals surface area contributed by atoms with Crippen LogP contribution in [0, 0.1) is 0 Å². The van der Waals surface area contributed by atoms with Crippen LogP contribution in [0.25, 0.3) is 0 Å². The third kappa shape index (κ3) is 2.82. The number of nitrogens with zero attached hydrogens (tertiary/aromatic N) is 2. The van der Waals surface area contributed by atoms with Gasteiger partial charge in [-0.15, -0.1) is 11.3 Å². The average Bonchev–Trinajstić information content (AvgIpc) is 3.05. The second kappa shape index (κ2) is 5.66. The van der Waals surface area contributed by atoms with E-state index >= 15 is 0 Å². The minimum atomic E-state index is -0.259. The highest BCUT2D eigenvalue weighted by atomic mass is 32.1. The molecular formula is C12H13N3O3S. The second-order valence-electron chi connectivity index (χ2n) is 3.79. The number of amides is 1. The molecule has 7 heteroatoms. The van der Waals surface area contributed by atoms with Crippen LogP contribution in [0.5, 0.6) is 0 Å². The van der Waals surface area contributed by atoms with Gasteiger partial charge >= 0.3 is 0 Å². The van der Waals surface area contributed by atoms with Gasteiger partial charge in [-0.3, -0.25) is 10.1 Å². The number of carbonyl (C=O) groups is 1. The molecule has 0 saturated heterocycles. The number of nitrogens with one attached hydrogen (secondary N) is 1. The van der Waals surface area contributed by atoms with Gasteiger partial charge in [-0.05, 0) is 13.0 Å². The zero-order chi connectivity index (χ0) is 13.8. The van der Waals surface area contributed by atoms with Crippen molar-refractivity contribution in [1.29, 1.82) is 0 Å². The number of aromatic nitrogens is 1. The maximum absolute atomic E-state index is 12.0. The van der Waals surface area contributed by atoms with Gasteiger partial charge in [-0.25, -0.2) is 4.98 Å². The zero-order valence-corrected chi connectivity index (χ0v) is 11.3. The molecule has 0 aromatic carbocycles. The summed E-state index contributed by atoms with van der Waals surface area (Å²) in [5.74, 6) is 0.382. The van der Waals surface area contributed by atoms with Crippen LogP contribution in [0.2, 0.25) is 0 Å². The summed E-state index contributed by atoms with van der Waals surface area (Å²) < 4.78 is 5.20. The predicted octanol–water partition coefficient (Wildman–Crippen LogP) is 2.75. The summed E-state index contributed by atoms with van der Waals surface area (Å²) in [7, 11) is 0. The maximum Gasteiger partial charge on any atom is 0.260 e. The standard InChI is InChI=1S/C12H13N3O3S/c1-3-10-8(4-5-18-10)11(16)14-12-13-9(6-19-12)7(2)15-17/h4-6,17H,3H2,1-2H3,(H,13,14,16)/b15-7+. The van der Waals surface area contributed by atoms with Crippen LogP contribution in [-0.2, 0) is 6.42 Å². The van der Waals surface area contributed by atoms with E-state index in [0.29, 0.717) is 34.3 Å². The topological polar surface area (TPSA) is 87.7 Å². The molecule has 1 amide bonds. The monoisotopic (exact) mass is 279 g/mol. The number of thiazole rings is 1. The Morgan fingerprint density at radius 2 is 2.42 bits per heavy atom. The molecule has 0 aliphatic rings. The first kappa shape index (κ1) is 13.3. The van der Waals surface area contributed by atoms with Crippen LogP contribution in [0.3, 0.4) is 0 Å². The van der Waals surface area contributed by atoms with E-state index in [-0.39, 0.29) is 5.91 Å². The molecule has 0 unspecified atom stereocenters. The summed E-state index contributed by atoms with van der Waals surface area (Å²) in [6.07, 6.45) is 2.14. The fourth-order valence-electron chi connectivity index (χ4n) is 1.53. The molecule has 0 fully saturated rings. The lowest BCUT2D eigenvalue weighted by Gasteiger charge is -2.00. The third-order valence-corrected chi connectivity index (χ3v) is 3.31. The first-order chi connectivity index (χ1) is 9.15. The smallest absolute Gasteiger partial charge is 0.260 e. The molecule has 0 aliphatic carbocycles. The molecule has 6 nitrogen and oxygen atoms in total. The molecule has 0 radical (unpaired) electrons. The van der Waals surface area contributed by atoms with E-state index in [4.69, 9.17) is 9.62 Å². The van der Waals surface area contributed by atoms with Gasteiger partial charge in [0.05, 0.1) is 11.8 Å². The Labute approximate surface area is 113 Å². The van der Waals surface area contributed by atoms with Crippen LogP contribution in [0.1, 0.15) is 35.7 Å². The zero-order valence-electron chi connectivity index (χ0n) is 10.5. The van der Waals surface area contributed by atoms with Crippen LogP contribution < -0.4 is 5.32 Å². The Bertz CT molecular complexity index is 615. The fourth-order valence-corrected chi connectivity index (χ4v) is 2.28. The number of hydrogen-bond acceptors (Lipinski definition) is 6. The van der Waals surface area contributed by atoms with Gasteiger partial charge in [0.25, 0.3) is 5.91 Å². The molecular weight excluding hydrogens is 266 g/mol. The van der Waals surface area contributed by atoms with Crippen molar-refractivity contribution in [2.45, 2.75) is 20.3 Å². The molecule has 2 N–H and O–H groups in total. The SMILES string of the molecule is CCc1occc1C(=O)Nc1nc(/C(C)=N/O)cs1. The largest absolute Gasteiger partial charge is 0.469 e. The number of hydrogen-bond donors (Lipinski definition) is 2. The van der Waals surface area contributed by atoms with Gasteiger partial charge in [0, 0.05) is 11.8 Å². The van der Waals surface area contributed by atoms with E-state index < -0.39 is 0 Å². The van der Waals surface area contributed by atoms with Crippen LogP contribution in [0.4, 0.5) is 5.13 Å². The number of aryl methyl sites for hydroxylation is 1. The van der Waals surface area contributed by atoms with Crippen molar-refractivity contribution in [1.82, 2.24) is 4.98 Å². The molecule has 2 aromatic rings. The van der Waals surface area contributed by atoms with E-state index in [1.165, 1.54) is 17.6 Å². The summed E-state index contributed by atoms with van der Waals surface area (Å²) in [6.45, 7) is 3.55. The lowest BCUT2D eigenvalue weighted by molar-refractivity contribution is 0.102. The highest BCUT2D eigenvalue weighted by Gasteiger charge is 2.15. The Hall–Kier alpha value is -2.15. The number of furan rings is 1. The molecule has 2 rings (SSSR count). The molecule has 0 bridgehead atoms. The number of rotatable bonds is 4. The molecule has 2 heterocycles. The van der Waals surface area contributed by atoms with Crippen molar-refractivity contribution in [3.63, 3.8) is 0 Å². The summed E-state index contributed by atoms with van der Waals surface area (Å²) in [4.78, 5) is 16.2. The molecule has 0 atom stereocenters. The van der Waals surface area contributed by atoms with Gasteiger partial charge in [-0.2, -0.15) is 0 Å². The number of carbonyl (C=O) groups excluding carboxylic acids is 1. The number of anilines is 1. The van der Waals surface area contributed by atoms with E-state index in [2.05, 4.69) is 15.5 Å². The van der Waals surface area contributed by atoms with Crippen LogP contribution in [-0.4, -0.2) is 21.8 Å². The van der Waals surface area contributed by atoms with E-state index in [1.807, 2.05) is 6.92 Å². The normalized spacial score (nSPS) is 11.6. The Morgan fingerprint density at radius 3 is 3.11 bits per heavy atom. The van der Waals surface area contributed by atoms with Crippen LogP contribution in [0.15, 0.2) is 27.3 Å². The Kier molecular flexibility index (Phi) is 3.96. The van der Waals surface area contributed by atoms with Crippen molar-refractivity contribution in [3.8, 4) is 0 Å². The van der Waals surface area contributed by atoms with Crippen molar-refractivity contribution < 1.29 is 14.4 Å². The lowest BCUT2D eigenvalue weighted by Crippen LogP contribution is -2.12. The van der Waals surface area contributed by atoms with Crippen molar-refractivity contribution in [2.24, 2.45) is 5.16 Å². The number of oxime groups is 1. The Morgan fingerprint density at radius 1 is 1.63 bits per heavy atom. The molecule has 0 saturated carbocycles. The second-order valence-corrected chi connectivity index (χ2v) is 4.65. The molecule has 2 aromatic heterocycles. The van der Waals surface area contributed by atoms with E-state index in [9.17, 15) is 4.79 Å². The van der Waals surface area contributed by atoms with E-state index in [0.717, 1.165) is 0 Å². The molecule has 0 aliphatic heterocycles. The first-order valence-electron chi connectivity index (χ1n) is 5.68. The highest BCUT2D eigenvalue weighted by Crippen LogP contribution is 2.19. The lowest BCUT2D eigenvalue weighted by atomic mass is 10.2. The minimum Gasteiger partial charge on any atom is -0.469 e. The van der Waals surface area contributed by atoms with Crippen molar-refractivity contribution in [2.75, 3.05) is 5.32 Å². The van der Waals surface area contributed by atoms with Gasteiger partial charge < -0.3 is 9.62 Å². The quantitative estimate of drug-likeness (QED) is 0.511. The summed E-state index contributed by atoms with van der Waals surface area (Å²) in [5, 5.41) is 16.6. The highest BCUT2D eigenvalue weighted by molar-refractivity contribution is 7.14. The van der Waals surface area contributed by atoms with E-state index in [1.54, 1.807) is 18.4 Å². The Balaban J connectivity index is 2.13. The van der Waals surface area contributed by atoms with Crippen LogP contribution >= 0.6 is 11.3 Å². The molecule has 19 heavy (non-hydrogen) atoms. The summed E-state index contributed by atoms with van der Waals surface area (Å²) in [6, 6.07) is 1.63. The van der Waals surface area contributed by atoms with Crippen molar-refractivity contribution >= 4 is 28.1 Å². The summed E-state index contributed by atoms with van der Waals surface area (Å²) >= 11 is 1.27. The molecule has 0 spiro atoms. The minimum absolute atomic E-state index is 0.259. The van der Waals surface area contributed by atoms with Gasteiger partial charge in [0.15, 0.2) is 5.13 Å². The first-order valence-corrected chi connectivity index (χ1v) is 6.56. The third-order valence-electron chi connectivity index (χ3n) is 2.56. The summed E-state index contributed by atoms with van der Waals surface area (Å²) in [5.41, 5.74) is 1.44. The predicted molar refractivity (Wildman–Crippen MR) is 72.2 cm³/mol. The maximum atomic E-state index is 12.0. The molecule has 100 valence electrons. The van der Waals surface area contributed by atoms with Crippen molar-refractivity contribution in [3.05, 3.63) is 34.7 Å². The van der Waals surface area contributed by atoms with Gasteiger partial charge in [0.1, 0.15) is 17.2 Å². The van der Waals surface area contributed by atoms with Gasteiger partial charge in [-0.1, -0.05) is 12.1 Å². The fraction of sp³-hybridized carbons (Fsp3) is 0.250. The average molecular weight is 279 g/mol.